The molecule has 10 heteroatoms. The highest BCUT2D eigenvalue weighted by Crippen LogP contribution is 2.35. The Morgan fingerprint density at radius 1 is 1.15 bits per heavy atom. The third kappa shape index (κ3) is 5.38. The Morgan fingerprint density at radius 3 is 2.41 bits per heavy atom. The molecule has 0 unspecified atom stereocenters. The summed E-state index contributed by atoms with van der Waals surface area (Å²) in [5, 5.41) is 2.18. The first kappa shape index (κ1) is 25.2. The molecule has 34 heavy (non-hydrogen) atoms. The van der Waals surface area contributed by atoms with Crippen LogP contribution in [0.5, 0.6) is 11.5 Å². The second-order valence-corrected chi connectivity index (χ2v) is 8.59. The quantitative estimate of drug-likeness (QED) is 0.230. The highest BCUT2D eigenvalue weighted by molar-refractivity contribution is 14.1. The molecular formula is C24H23IN2O7. The molecule has 178 valence electrons. The van der Waals surface area contributed by atoms with E-state index in [1.807, 2.05) is 13.8 Å². The van der Waals surface area contributed by atoms with Crippen LogP contribution in [0.1, 0.15) is 36.7 Å². The van der Waals surface area contributed by atoms with Crippen LogP contribution in [-0.4, -0.2) is 43.6 Å². The third-order valence-corrected chi connectivity index (χ3v) is 5.46. The molecule has 0 aliphatic carbocycles. The van der Waals surface area contributed by atoms with Gasteiger partial charge in [-0.3, -0.25) is 14.9 Å². The average molecular weight is 578 g/mol. The van der Waals surface area contributed by atoms with Crippen LogP contribution < -0.4 is 19.7 Å². The van der Waals surface area contributed by atoms with Crippen LogP contribution in [0.25, 0.3) is 6.08 Å². The fraction of sp³-hybridized carbons (Fsp3) is 0.250. The minimum Gasteiger partial charge on any atom is -0.493 e. The molecule has 1 aliphatic heterocycles. The number of ether oxygens (including phenoxy) is 3. The van der Waals surface area contributed by atoms with Crippen molar-refractivity contribution in [2.45, 2.75) is 26.9 Å². The molecule has 4 amide bonds. The largest absolute Gasteiger partial charge is 0.493 e. The first-order chi connectivity index (χ1) is 16.2. The van der Waals surface area contributed by atoms with Crippen molar-refractivity contribution in [3.63, 3.8) is 0 Å². The minimum atomic E-state index is -0.885. The highest BCUT2D eigenvalue weighted by atomic mass is 127. The zero-order valence-corrected chi connectivity index (χ0v) is 21.2. The predicted octanol–water partition coefficient (Wildman–Crippen LogP) is 3.93. The Balaban J connectivity index is 1.96. The van der Waals surface area contributed by atoms with E-state index in [0.717, 1.165) is 8.47 Å². The lowest BCUT2D eigenvalue weighted by atomic mass is 10.1. The SMILES string of the molecule is CCOC(=O)c1ccc(N2C(=O)NC(=O)/C(=C\c3cc(I)c(OC(C)C)c(OC)c3)C2=O)cc1. The van der Waals surface area contributed by atoms with Crippen LogP contribution in [0.3, 0.4) is 0 Å². The van der Waals surface area contributed by atoms with E-state index in [0.29, 0.717) is 17.1 Å². The summed E-state index contributed by atoms with van der Waals surface area (Å²) < 4.78 is 16.9. The number of rotatable bonds is 7. The smallest absolute Gasteiger partial charge is 0.338 e. The van der Waals surface area contributed by atoms with E-state index in [1.54, 1.807) is 19.1 Å². The average Bonchev–Trinajstić information content (AvgIpc) is 2.78. The van der Waals surface area contributed by atoms with E-state index in [1.165, 1.54) is 37.5 Å². The van der Waals surface area contributed by atoms with Gasteiger partial charge >= 0.3 is 12.0 Å². The number of anilines is 1. The number of carbonyl (C=O) groups excluding carboxylic acids is 4. The second-order valence-electron chi connectivity index (χ2n) is 7.43. The van der Waals surface area contributed by atoms with Crippen LogP contribution >= 0.6 is 22.6 Å². The van der Waals surface area contributed by atoms with E-state index < -0.39 is 23.8 Å². The summed E-state index contributed by atoms with van der Waals surface area (Å²) >= 11 is 2.08. The number of methoxy groups -OCH3 is 1. The van der Waals surface area contributed by atoms with Crippen molar-refractivity contribution in [3.05, 3.63) is 56.7 Å². The van der Waals surface area contributed by atoms with E-state index in [4.69, 9.17) is 14.2 Å². The molecule has 0 bridgehead atoms. The number of benzene rings is 2. The van der Waals surface area contributed by atoms with Crippen molar-refractivity contribution in [3.8, 4) is 11.5 Å². The van der Waals surface area contributed by atoms with Crippen molar-refractivity contribution in [1.29, 1.82) is 0 Å². The number of hydrogen-bond donors (Lipinski definition) is 1. The fourth-order valence-corrected chi connectivity index (χ4v) is 3.95. The van der Waals surface area contributed by atoms with Gasteiger partial charge in [-0.25, -0.2) is 14.5 Å². The van der Waals surface area contributed by atoms with Crippen molar-refractivity contribution >= 4 is 58.2 Å². The number of amides is 4. The van der Waals surface area contributed by atoms with Gasteiger partial charge in [0, 0.05) is 0 Å². The van der Waals surface area contributed by atoms with Gasteiger partial charge in [0.25, 0.3) is 11.8 Å². The predicted molar refractivity (Wildman–Crippen MR) is 133 cm³/mol. The lowest BCUT2D eigenvalue weighted by Crippen LogP contribution is -2.54. The number of carbonyl (C=O) groups is 4. The second kappa shape index (κ2) is 10.7. The molecule has 0 radical (unpaired) electrons. The molecule has 0 atom stereocenters. The number of halogens is 1. The molecule has 3 rings (SSSR count). The maximum atomic E-state index is 13.2. The lowest BCUT2D eigenvalue weighted by Gasteiger charge is -2.26. The third-order valence-electron chi connectivity index (χ3n) is 4.65. The van der Waals surface area contributed by atoms with Gasteiger partial charge in [0.1, 0.15) is 5.57 Å². The molecule has 1 heterocycles. The topological polar surface area (TPSA) is 111 Å². The molecule has 0 aromatic heterocycles. The lowest BCUT2D eigenvalue weighted by molar-refractivity contribution is -0.122. The number of urea groups is 1. The molecule has 1 fully saturated rings. The summed E-state index contributed by atoms with van der Waals surface area (Å²) in [5.41, 5.74) is 0.752. The Morgan fingerprint density at radius 2 is 1.82 bits per heavy atom. The van der Waals surface area contributed by atoms with E-state index >= 15 is 0 Å². The molecule has 2 aromatic rings. The first-order valence-corrected chi connectivity index (χ1v) is 11.5. The normalized spacial score (nSPS) is 14.9. The summed E-state index contributed by atoms with van der Waals surface area (Å²) in [4.78, 5) is 50.8. The number of imide groups is 2. The number of nitrogens with one attached hydrogen (secondary N) is 1. The monoisotopic (exact) mass is 578 g/mol. The van der Waals surface area contributed by atoms with Crippen molar-refractivity contribution in [2.24, 2.45) is 0 Å². The molecule has 1 saturated heterocycles. The van der Waals surface area contributed by atoms with Crippen LogP contribution in [0.15, 0.2) is 42.0 Å². The van der Waals surface area contributed by atoms with Crippen LogP contribution in [0.4, 0.5) is 10.5 Å². The van der Waals surface area contributed by atoms with Crippen LogP contribution in [0, 0.1) is 3.57 Å². The number of hydrogen-bond acceptors (Lipinski definition) is 7. The standard InChI is InChI=1S/C24H23IN2O7/c1-5-33-23(30)15-6-8-16(9-7-15)27-22(29)17(21(28)26-24(27)31)10-14-11-18(25)20(34-13(2)3)19(12-14)32-4/h6-13H,5H2,1-4H3,(H,26,28,31)/b17-10+. The van der Waals surface area contributed by atoms with Crippen LogP contribution in [0.2, 0.25) is 0 Å². The molecular weight excluding hydrogens is 555 g/mol. The van der Waals surface area contributed by atoms with Crippen molar-refractivity contribution < 1.29 is 33.4 Å². The number of esters is 1. The van der Waals surface area contributed by atoms with Gasteiger partial charge in [0.2, 0.25) is 0 Å². The van der Waals surface area contributed by atoms with Crippen molar-refractivity contribution in [1.82, 2.24) is 5.32 Å². The Hall–Kier alpha value is -3.41. The first-order valence-electron chi connectivity index (χ1n) is 10.4. The van der Waals surface area contributed by atoms with Crippen molar-refractivity contribution in [2.75, 3.05) is 18.6 Å². The van der Waals surface area contributed by atoms with Gasteiger partial charge in [-0.1, -0.05) is 0 Å². The Labute approximate surface area is 210 Å². The fourth-order valence-electron chi connectivity index (χ4n) is 3.19. The summed E-state index contributed by atoms with van der Waals surface area (Å²) in [6, 6.07) is 8.24. The zero-order chi connectivity index (χ0) is 25.0. The van der Waals surface area contributed by atoms with Gasteiger partial charge in [-0.2, -0.15) is 0 Å². The van der Waals surface area contributed by atoms with Gasteiger partial charge in [0.15, 0.2) is 11.5 Å². The molecule has 9 nitrogen and oxygen atoms in total. The summed E-state index contributed by atoms with van der Waals surface area (Å²) in [6.45, 7) is 5.69. The summed E-state index contributed by atoms with van der Waals surface area (Å²) in [6.07, 6.45) is 1.31. The van der Waals surface area contributed by atoms with Crippen LogP contribution in [-0.2, 0) is 14.3 Å². The van der Waals surface area contributed by atoms with Gasteiger partial charge in [-0.05, 0) is 91.4 Å². The number of barbiturate groups is 1. The summed E-state index contributed by atoms with van der Waals surface area (Å²) in [7, 11) is 1.49. The molecule has 0 spiro atoms. The maximum absolute atomic E-state index is 13.2. The molecule has 1 aliphatic rings. The van der Waals surface area contributed by atoms with E-state index in [-0.39, 0.29) is 29.5 Å². The number of nitrogens with zero attached hydrogens (tertiary/aromatic N) is 1. The Kier molecular flexibility index (Phi) is 7.92. The van der Waals surface area contributed by atoms with E-state index in [9.17, 15) is 19.2 Å². The minimum absolute atomic E-state index is 0.0768. The zero-order valence-electron chi connectivity index (χ0n) is 19.0. The van der Waals surface area contributed by atoms with E-state index in [2.05, 4.69) is 27.9 Å². The van der Waals surface area contributed by atoms with Gasteiger partial charge in [0.05, 0.1) is 34.6 Å². The Bertz CT molecular complexity index is 1170. The molecule has 2 aromatic carbocycles. The van der Waals surface area contributed by atoms with Gasteiger partial charge < -0.3 is 14.2 Å². The highest BCUT2D eigenvalue weighted by Gasteiger charge is 2.37. The molecule has 1 N–H and O–H groups in total. The van der Waals surface area contributed by atoms with Gasteiger partial charge in [-0.15, -0.1) is 0 Å². The molecule has 0 saturated carbocycles. The maximum Gasteiger partial charge on any atom is 0.338 e. The summed E-state index contributed by atoms with van der Waals surface area (Å²) in [5.74, 6) is -1.13.